The molecule has 5 nitrogen and oxygen atoms in total. The van der Waals surface area contributed by atoms with E-state index in [1.807, 2.05) is 32.0 Å². The molecule has 0 radical (unpaired) electrons. The predicted octanol–water partition coefficient (Wildman–Crippen LogP) is 1.32. The normalized spacial score (nSPS) is 13.6. The van der Waals surface area contributed by atoms with Crippen molar-refractivity contribution in [3.63, 3.8) is 0 Å². The second kappa shape index (κ2) is 7.11. The number of carbonyl (C=O) groups excluding carboxylic acids is 2. The van der Waals surface area contributed by atoms with Crippen molar-refractivity contribution in [2.75, 3.05) is 19.7 Å². The molecule has 1 aliphatic rings. The van der Waals surface area contributed by atoms with Gasteiger partial charge in [-0.1, -0.05) is 12.1 Å². The van der Waals surface area contributed by atoms with E-state index in [4.69, 9.17) is 4.74 Å². The first-order valence-electron chi connectivity index (χ1n) is 7.31. The molecule has 114 valence electrons. The van der Waals surface area contributed by atoms with E-state index in [1.165, 1.54) is 0 Å². The Labute approximate surface area is 125 Å². The van der Waals surface area contributed by atoms with Crippen LogP contribution in [0.4, 0.5) is 0 Å². The summed E-state index contributed by atoms with van der Waals surface area (Å²) in [5.74, 6) is 0.841. The predicted molar refractivity (Wildman–Crippen MR) is 80.2 cm³/mol. The Balaban J connectivity index is 1.63. The Kier molecular flexibility index (Phi) is 5.20. The van der Waals surface area contributed by atoms with E-state index in [9.17, 15) is 9.59 Å². The Morgan fingerprint density at radius 1 is 1.19 bits per heavy atom. The quantitative estimate of drug-likeness (QED) is 0.744. The molecule has 1 aromatic rings. The lowest BCUT2D eigenvalue weighted by atomic mass is 10.1. The SMILES string of the molecule is Cc1cccc(OCC(=O)NCCNC(=O)C2CC2)c1C. The van der Waals surface area contributed by atoms with Gasteiger partial charge in [-0.05, 0) is 43.9 Å². The first kappa shape index (κ1) is 15.4. The van der Waals surface area contributed by atoms with Crippen molar-refractivity contribution in [1.29, 1.82) is 0 Å². The highest BCUT2D eigenvalue weighted by Gasteiger charge is 2.28. The van der Waals surface area contributed by atoms with E-state index in [-0.39, 0.29) is 24.3 Å². The number of rotatable bonds is 7. The summed E-state index contributed by atoms with van der Waals surface area (Å²) < 4.78 is 5.51. The fourth-order valence-electron chi connectivity index (χ4n) is 1.95. The Bertz CT molecular complexity index is 524. The highest BCUT2D eigenvalue weighted by molar-refractivity contribution is 5.81. The van der Waals surface area contributed by atoms with Crippen molar-refractivity contribution in [2.45, 2.75) is 26.7 Å². The molecule has 2 rings (SSSR count). The van der Waals surface area contributed by atoms with Crippen LogP contribution in [0.5, 0.6) is 5.75 Å². The van der Waals surface area contributed by atoms with Crippen molar-refractivity contribution in [3.05, 3.63) is 29.3 Å². The van der Waals surface area contributed by atoms with Gasteiger partial charge in [-0.25, -0.2) is 0 Å². The molecule has 1 aliphatic carbocycles. The number of ether oxygens (including phenoxy) is 1. The summed E-state index contributed by atoms with van der Waals surface area (Å²) in [6.07, 6.45) is 1.98. The van der Waals surface area contributed by atoms with E-state index in [0.29, 0.717) is 13.1 Å². The lowest BCUT2D eigenvalue weighted by molar-refractivity contribution is -0.124. The highest BCUT2D eigenvalue weighted by Crippen LogP contribution is 2.28. The minimum Gasteiger partial charge on any atom is -0.483 e. The summed E-state index contributed by atoms with van der Waals surface area (Å²) in [4.78, 5) is 23.0. The lowest BCUT2D eigenvalue weighted by Gasteiger charge is -2.11. The van der Waals surface area contributed by atoms with Crippen LogP contribution in [-0.4, -0.2) is 31.5 Å². The first-order chi connectivity index (χ1) is 10.1. The van der Waals surface area contributed by atoms with Gasteiger partial charge in [-0.15, -0.1) is 0 Å². The van der Waals surface area contributed by atoms with Crippen LogP contribution in [0, 0.1) is 19.8 Å². The number of carbonyl (C=O) groups is 2. The highest BCUT2D eigenvalue weighted by atomic mass is 16.5. The number of hydrogen-bond acceptors (Lipinski definition) is 3. The third kappa shape index (κ3) is 4.77. The van der Waals surface area contributed by atoms with E-state index in [2.05, 4.69) is 10.6 Å². The molecule has 1 saturated carbocycles. The Hall–Kier alpha value is -2.04. The van der Waals surface area contributed by atoms with Crippen molar-refractivity contribution < 1.29 is 14.3 Å². The standard InChI is InChI=1S/C16H22N2O3/c1-11-4-3-5-14(12(11)2)21-10-15(19)17-8-9-18-16(20)13-6-7-13/h3-5,13H,6-10H2,1-2H3,(H,17,19)(H,18,20). The molecule has 0 bridgehead atoms. The first-order valence-corrected chi connectivity index (χ1v) is 7.31. The third-order valence-corrected chi connectivity index (χ3v) is 3.61. The minimum absolute atomic E-state index is 0.0130. The maximum atomic E-state index is 11.7. The molecule has 1 aromatic carbocycles. The number of aryl methyl sites for hydroxylation is 1. The van der Waals surface area contributed by atoms with Gasteiger partial charge in [0, 0.05) is 19.0 Å². The molecule has 0 heterocycles. The van der Waals surface area contributed by atoms with Gasteiger partial charge in [-0.2, -0.15) is 0 Å². The molecule has 5 heteroatoms. The monoisotopic (exact) mass is 290 g/mol. The zero-order valence-corrected chi connectivity index (χ0v) is 12.6. The second-order valence-corrected chi connectivity index (χ2v) is 5.40. The van der Waals surface area contributed by atoms with Crippen LogP contribution in [0.1, 0.15) is 24.0 Å². The van der Waals surface area contributed by atoms with Crippen LogP contribution in [0.2, 0.25) is 0 Å². The fraction of sp³-hybridized carbons (Fsp3) is 0.500. The molecule has 1 fully saturated rings. The van der Waals surface area contributed by atoms with Gasteiger partial charge in [0.15, 0.2) is 6.61 Å². The topological polar surface area (TPSA) is 67.4 Å². The number of nitrogens with one attached hydrogen (secondary N) is 2. The molecular formula is C16H22N2O3. The third-order valence-electron chi connectivity index (χ3n) is 3.61. The zero-order valence-electron chi connectivity index (χ0n) is 12.6. The minimum atomic E-state index is -0.184. The van der Waals surface area contributed by atoms with Crippen molar-refractivity contribution in [3.8, 4) is 5.75 Å². The molecular weight excluding hydrogens is 268 g/mol. The largest absolute Gasteiger partial charge is 0.483 e. The smallest absolute Gasteiger partial charge is 0.258 e. The molecule has 0 atom stereocenters. The van der Waals surface area contributed by atoms with E-state index in [1.54, 1.807) is 0 Å². The van der Waals surface area contributed by atoms with Gasteiger partial charge in [0.1, 0.15) is 5.75 Å². The van der Waals surface area contributed by atoms with Crippen LogP contribution >= 0.6 is 0 Å². The summed E-state index contributed by atoms with van der Waals surface area (Å²) in [5, 5.41) is 5.52. The molecule has 0 unspecified atom stereocenters. The maximum absolute atomic E-state index is 11.7. The van der Waals surface area contributed by atoms with Crippen LogP contribution in [0.25, 0.3) is 0 Å². The van der Waals surface area contributed by atoms with Gasteiger partial charge in [0.25, 0.3) is 5.91 Å². The van der Waals surface area contributed by atoms with Crippen LogP contribution < -0.4 is 15.4 Å². The lowest BCUT2D eigenvalue weighted by Crippen LogP contribution is -2.37. The average molecular weight is 290 g/mol. The second-order valence-electron chi connectivity index (χ2n) is 5.40. The van der Waals surface area contributed by atoms with Crippen molar-refractivity contribution >= 4 is 11.8 Å². The summed E-state index contributed by atoms with van der Waals surface area (Å²) in [6, 6.07) is 5.76. The Morgan fingerprint density at radius 3 is 2.62 bits per heavy atom. The van der Waals surface area contributed by atoms with Crippen LogP contribution in [0.3, 0.4) is 0 Å². The van der Waals surface area contributed by atoms with Crippen LogP contribution in [-0.2, 0) is 9.59 Å². The molecule has 0 saturated heterocycles. The summed E-state index contributed by atoms with van der Waals surface area (Å²) >= 11 is 0. The number of benzene rings is 1. The van der Waals surface area contributed by atoms with Crippen molar-refractivity contribution in [2.24, 2.45) is 5.92 Å². The van der Waals surface area contributed by atoms with Crippen LogP contribution in [0.15, 0.2) is 18.2 Å². The van der Waals surface area contributed by atoms with E-state index < -0.39 is 0 Å². The van der Waals surface area contributed by atoms with Gasteiger partial charge in [0.05, 0.1) is 0 Å². The van der Waals surface area contributed by atoms with Gasteiger partial charge >= 0.3 is 0 Å². The number of amides is 2. The number of hydrogen-bond donors (Lipinski definition) is 2. The van der Waals surface area contributed by atoms with Gasteiger partial charge < -0.3 is 15.4 Å². The maximum Gasteiger partial charge on any atom is 0.258 e. The molecule has 0 aliphatic heterocycles. The summed E-state index contributed by atoms with van der Waals surface area (Å²) in [7, 11) is 0. The summed E-state index contributed by atoms with van der Waals surface area (Å²) in [5.41, 5.74) is 2.18. The molecule has 0 aromatic heterocycles. The van der Waals surface area contributed by atoms with E-state index in [0.717, 1.165) is 29.7 Å². The van der Waals surface area contributed by atoms with E-state index >= 15 is 0 Å². The fourth-order valence-corrected chi connectivity index (χ4v) is 1.95. The van der Waals surface area contributed by atoms with Gasteiger partial charge in [-0.3, -0.25) is 9.59 Å². The zero-order chi connectivity index (χ0) is 15.2. The van der Waals surface area contributed by atoms with Gasteiger partial charge in [0.2, 0.25) is 5.91 Å². The molecule has 21 heavy (non-hydrogen) atoms. The average Bonchev–Trinajstić information content (AvgIpc) is 3.29. The van der Waals surface area contributed by atoms with Crippen molar-refractivity contribution in [1.82, 2.24) is 10.6 Å². The molecule has 2 amide bonds. The summed E-state index contributed by atoms with van der Waals surface area (Å²) in [6.45, 7) is 4.85. The molecule has 0 spiro atoms. The molecule has 2 N–H and O–H groups in total. The Morgan fingerprint density at radius 2 is 1.90 bits per heavy atom.